The van der Waals surface area contributed by atoms with Gasteiger partial charge >= 0.3 is 0 Å². The predicted molar refractivity (Wildman–Crippen MR) is 122 cm³/mol. The van der Waals surface area contributed by atoms with Gasteiger partial charge in [0.15, 0.2) is 5.78 Å². The van der Waals surface area contributed by atoms with Gasteiger partial charge < -0.3 is 4.43 Å². The number of hydrogen-bond acceptors (Lipinski definition) is 2. The third kappa shape index (κ3) is 3.98. The van der Waals surface area contributed by atoms with Crippen LogP contribution in [0.2, 0.25) is 6.04 Å². The van der Waals surface area contributed by atoms with Gasteiger partial charge in [0.2, 0.25) is 0 Å². The number of hydrogen-bond donors (Lipinski definition) is 0. The van der Waals surface area contributed by atoms with Crippen LogP contribution in [0.3, 0.4) is 0 Å². The maximum atomic E-state index is 13.3. The Labute approximate surface area is 174 Å². The van der Waals surface area contributed by atoms with Crippen LogP contribution in [0, 0.1) is 0 Å². The summed E-state index contributed by atoms with van der Waals surface area (Å²) in [6.45, 7) is 2.22. The minimum Gasteiger partial charge on any atom is -0.398 e. The minimum atomic E-state index is -2.54. The number of unbranched alkanes of at least 4 members (excludes halogenated alkanes) is 1. The van der Waals surface area contributed by atoms with E-state index in [2.05, 4.69) is 73.7 Å². The van der Waals surface area contributed by atoms with E-state index in [0.717, 1.165) is 42.9 Å². The molecule has 0 saturated heterocycles. The van der Waals surface area contributed by atoms with Crippen molar-refractivity contribution in [1.29, 1.82) is 0 Å². The van der Waals surface area contributed by atoms with Crippen LogP contribution in [0.4, 0.5) is 0 Å². The highest BCUT2D eigenvalue weighted by Crippen LogP contribution is 2.27. The molecule has 0 amide bonds. The molecule has 148 valence electrons. The fourth-order valence-electron chi connectivity index (χ4n) is 4.42. The first-order chi connectivity index (χ1) is 14.2. The molecular formula is C26H28O2Si. The topological polar surface area (TPSA) is 26.3 Å². The summed E-state index contributed by atoms with van der Waals surface area (Å²) >= 11 is 0. The van der Waals surface area contributed by atoms with Crippen molar-refractivity contribution in [2.45, 2.75) is 44.8 Å². The standard InChI is InChI=1S/C26H28O2Si/c1-2-3-20-29(22-13-6-4-7-14-22,23-15-8-5-9-16-23)28-25-19-18-21-12-10-11-17-24(21)26(25)27/h4-17,25H,2-3,18-20H2,1H3. The Hall–Kier alpha value is -2.49. The first-order valence-electron chi connectivity index (χ1n) is 10.7. The number of Topliss-reactive ketones (excluding diaryl/α,β-unsaturated/α-hetero) is 1. The Morgan fingerprint density at radius 2 is 1.45 bits per heavy atom. The second-order valence-corrected chi connectivity index (χ2v) is 11.4. The van der Waals surface area contributed by atoms with Gasteiger partial charge in [-0.15, -0.1) is 0 Å². The number of aryl methyl sites for hydroxylation is 1. The number of carbonyl (C=O) groups is 1. The molecule has 0 spiro atoms. The van der Waals surface area contributed by atoms with Gasteiger partial charge in [-0.05, 0) is 34.8 Å². The summed E-state index contributed by atoms with van der Waals surface area (Å²) in [4.78, 5) is 13.3. The van der Waals surface area contributed by atoms with Crippen molar-refractivity contribution in [2.75, 3.05) is 0 Å². The molecule has 1 unspecified atom stereocenters. The third-order valence-electron chi connectivity index (χ3n) is 5.96. The molecule has 3 aromatic rings. The highest BCUT2D eigenvalue weighted by atomic mass is 28.4. The van der Waals surface area contributed by atoms with Crippen LogP contribution in [0.1, 0.15) is 42.1 Å². The Kier molecular flexibility index (Phi) is 6.07. The van der Waals surface area contributed by atoms with Crippen LogP contribution in [-0.2, 0) is 10.8 Å². The summed E-state index contributed by atoms with van der Waals surface area (Å²) in [6, 6.07) is 30.2. The second-order valence-electron chi connectivity index (χ2n) is 7.83. The van der Waals surface area contributed by atoms with E-state index in [9.17, 15) is 4.79 Å². The summed E-state index contributed by atoms with van der Waals surface area (Å²) in [5, 5.41) is 2.51. The molecule has 29 heavy (non-hydrogen) atoms. The van der Waals surface area contributed by atoms with E-state index in [0.29, 0.717) is 0 Å². The molecule has 2 nitrogen and oxygen atoms in total. The zero-order chi connectivity index (χ0) is 20.1. The second kappa shape index (κ2) is 8.89. The molecule has 1 aliphatic carbocycles. The van der Waals surface area contributed by atoms with Crippen LogP contribution in [0.15, 0.2) is 84.9 Å². The van der Waals surface area contributed by atoms with E-state index in [-0.39, 0.29) is 11.9 Å². The summed E-state index contributed by atoms with van der Waals surface area (Å²) in [6.07, 6.45) is 3.49. The van der Waals surface area contributed by atoms with Gasteiger partial charge in [-0.2, -0.15) is 0 Å². The Bertz CT molecular complexity index is 913. The molecule has 3 aromatic carbocycles. The number of carbonyl (C=O) groups excluding carboxylic acids is 1. The van der Waals surface area contributed by atoms with Crippen molar-refractivity contribution in [2.24, 2.45) is 0 Å². The number of fused-ring (bicyclic) bond motifs is 1. The SMILES string of the molecule is CCCC[Si](OC1CCc2ccccc2C1=O)(c1ccccc1)c1ccccc1. The number of benzene rings is 3. The van der Waals surface area contributed by atoms with Crippen LogP contribution in [0.25, 0.3) is 0 Å². The van der Waals surface area contributed by atoms with Gasteiger partial charge in [-0.25, -0.2) is 0 Å². The molecule has 0 radical (unpaired) electrons. The van der Waals surface area contributed by atoms with Gasteiger partial charge in [0.05, 0.1) is 0 Å². The minimum absolute atomic E-state index is 0.145. The van der Waals surface area contributed by atoms with E-state index in [1.807, 2.05) is 18.2 Å². The maximum Gasteiger partial charge on any atom is 0.256 e. The number of rotatable bonds is 7. The van der Waals surface area contributed by atoms with Crippen LogP contribution in [-0.4, -0.2) is 20.2 Å². The lowest BCUT2D eigenvalue weighted by atomic mass is 9.89. The molecule has 0 saturated carbocycles. The predicted octanol–water partition coefficient (Wildman–Crippen LogP) is 4.76. The first kappa shape index (κ1) is 19.8. The van der Waals surface area contributed by atoms with Gasteiger partial charge in [0, 0.05) is 5.56 Å². The molecule has 3 heteroatoms. The quantitative estimate of drug-likeness (QED) is 0.535. The summed E-state index contributed by atoms with van der Waals surface area (Å²) < 4.78 is 7.01. The van der Waals surface area contributed by atoms with Gasteiger partial charge in [-0.1, -0.05) is 105 Å². The maximum absolute atomic E-state index is 13.3. The van der Waals surface area contributed by atoms with Crippen LogP contribution < -0.4 is 10.4 Å². The average Bonchev–Trinajstić information content (AvgIpc) is 2.79. The van der Waals surface area contributed by atoms with Gasteiger partial charge in [0.1, 0.15) is 6.10 Å². The van der Waals surface area contributed by atoms with E-state index < -0.39 is 8.32 Å². The van der Waals surface area contributed by atoms with Gasteiger partial charge in [0.25, 0.3) is 8.32 Å². The van der Waals surface area contributed by atoms with Crippen molar-refractivity contribution in [3.05, 3.63) is 96.1 Å². The van der Waals surface area contributed by atoms with Crippen molar-refractivity contribution in [3.63, 3.8) is 0 Å². The zero-order valence-electron chi connectivity index (χ0n) is 17.0. The molecule has 1 atom stereocenters. The highest BCUT2D eigenvalue weighted by molar-refractivity contribution is 6.97. The molecule has 0 N–H and O–H groups in total. The Morgan fingerprint density at radius 3 is 2.07 bits per heavy atom. The monoisotopic (exact) mass is 400 g/mol. The third-order valence-corrected chi connectivity index (χ3v) is 10.2. The fraction of sp³-hybridized carbons (Fsp3) is 0.269. The first-order valence-corrected chi connectivity index (χ1v) is 12.8. The lowest BCUT2D eigenvalue weighted by molar-refractivity contribution is 0.0752. The molecule has 0 aromatic heterocycles. The zero-order valence-corrected chi connectivity index (χ0v) is 18.0. The molecule has 0 heterocycles. The van der Waals surface area contributed by atoms with Gasteiger partial charge in [-0.3, -0.25) is 4.79 Å². The summed E-state index contributed by atoms with van der Waals surface area (Å²) in [5.74, 6) is 0.145. The lowest BCUT2D eigenvalue weighted by Crippen LogP contribution is -2.63. The van der Waals surface area contributed by atoms with Crippen LogP contribution >= 0.6 is 0 Å². The van der Waals surface area contributed by atoms with E-state index >= 15 is 0 Å². The molecule has 1 aliphatic rings. The average molecular weight is 401 g/mol. The molecule has 0 aliphatic heterocycles. The Balaban J connectivity index is 1.77. The molecule has 0 bridgehead atoms. The summed E-state index contributed by atoms with van der Waals surface area (Å²) in [5.41, 5.74) is 1.99. The van der Waals surface area contributed by atoms with E-state index in [1.54, 1.807) is 0 Å². The van der Waals surface area contributed by atoms with Crippen molar-refractivity contribution >= 4 is 24.5 Å². The van der Waals surface area contributed by atoms with Crippen LogP contribution in [0.5, 0.6) is 0 Å². The normalized spacial score (nSPS) is 16.4. The Morgan fingerprint density at radius 1 is 0.862 bits per heavy atom. The smallest absolute Gasteiger partial charge is 0.256 e. The summed E-state index contributed by atoms with van der Waals surface area (Å²) in [7, 11) is -2.54. The van der Waals surface area contributed by atoms with E-state index in [1.165, 1.54) is 10.4 Å². The fourth-order valence-corrected chi connectivity index (χ4v) is 8.74. The van der Waals surface area contributed by atoms with Crippen molar-refractivity contribution in [1.82, 2.24) is 0 Å². The van der Waals surface area contributed by atoms with Crippen molar-refractivity contribution < 1.29 is 9.22 Å². The molecule has 0 fully saturated rings. The van der Waals surface area contributed by atoms with E-state index in [4.69, 9.17) is 4.43 Å². The van der Waals surface area contributed by atoms with Crippen molar-refractivity contribution in [3.8, 4) is 0 Å². The molecular weight excluding hydrogens is 372 g/mol. The largest absolute Gasteiger partial charge is 0.398 e. The highest BCUT2D eigenvalue weighted by Gasteiger charge is 2.43. The lowest BCUT2D eigenvalue weighted by Gasteiger charge is -2.37. The number of ketones is 1. The molecule has 4 rings (SSSR count).